The first-order valence-corrected chi connectivity index (χ1v) is 8.77. The van der Waals surface area contributed by atoms with Crippen LogP contribution in [0.15, 0.2) is 46.1 Å². The minimum Gasteiger partial charge on any atom is -0.494 e. The Morgan fingerprint density at radius 1 is 1.27 bits per heavy atom. The molecular weight excluding hydrogens is 302 g/mol. The molecule has 0 fully saturated rings. The van der Waals surface area contributed by atoms with Crippen LogP contribution in [0.1, 0.15) is 18.9 Å². The van der Waals surface area contributed by atoms with E-state index in [0.29, 0.717) is 24.7 Å². The van der Waals surface area contributed by atoms with Gasteiger partial charge in [0.1, 0.15) is 11.5 Å². The number of hydrogen-bond donors (Lipinski definition) is 0. The first-order valence-electron chi connectivity index (χ1n) is 7.16. The minimum atomic E-state index is -3.41. The molecule has 0 saturated carbocycles. The molecule has 3 rings (SSSR count). The van der Waals surface area contributed by atoms with E-state index in [-0.39, 0.29) is 5.75 Å². The van der Waals surface area contributed by atoms with Gasteiger partial charge in [0.15, 0.2) is 5.84 Å². The van der Waals surface area contributed by atoms with Crippen LogP contribution in [0.2, 0.25) is 0 Å². The Labute approximate surface area is 129 Å². The van der Waals surface area contributed by atoms with Gasteiger partial charge in [-0.2, -0.15) is 0 Å². The number of hydrogen-bond acceptors (Lipinski definition) is 5. The van der Waals surface area contributed by atoms with E-state index >= 15 is 0 Å². The lowest BCUT2D eigenvalue weighted by molar-refractivity contribution is 0.317. The Balaban J connectivity index is 1.91. The minimum absolute atomic E-state index is 0.0257. The number of amidine groups is 1. The van der Waals surface area contributed by atoms with E-state index < -0.39 is 10.0 Å². The number of rotatable bonds is 4. The van der Waals surface area contributed by atoms with Gasteiger partial charge in [-0.25, -0.2) is 8.42 Å². The fourth-order valence-electron chi connectivity index (χ4n) is 2.25. The van der Waals surface area contributed by atoms with E-state index in [9.17, 15) is 8.42 Å². The summed E-state index contributed by atoms with van der Waals surface area (Å²) in [6.07, 6.45) is 4.35. The molecule has 7 heteroatoms. The van der Waals surface area contributed by atoms with Crippen LogP contribution in [0.5, 0.6) is 5.75 Å². The zero-order valence-corrected chi connectivity index (χ0v) is 13.1. The molecule has 116 valence electrons. The molecule has 0 unspecified atom stereocenters. The highest BCUT2D eigenvalue weighted by atomic mass is 32.2. The van der Waals surface area contributed by atoms with Crippen LogP contribution in [0, 0.1) is 0 Å². The molecule has 1 aromatic rings. The number of ether oxygens (including phenoxy) is 1. The summed E-state index contributed by atoms with van der Waals surface area (Å²) in [6, 6.07) is 7.44. The summed E-state index contributed by atoms with van der Waals surface area (Å²) in [7, 11) is -3.41. The Hall–Kier alpha value is -2.15. The molecule has 0 saturated heterocycles. The second-order valence-electron chi connectivity index (χ2n) is 5.04. The molecule has 2 heterocycles. The van der Waals surface area contributed by atoms with Crippen molar-refractivity contribution in [3.8, 4) is 5.75 Å². The second kappa shape index (κ2) is 5.92. The van der Waals surface area contributed by atoms with Crippen molar-refractivity contribution in [3.05, 3.63) is 42.2 Å². The summed E-state index contributed by atoms with van der Waals surface area (Å²) in [6.45, 7) is 3.11. The number of fused-ring (bicyclic) bond motifs is 1. The van der Waals surface area contributed by atoms with E-state index in [1.807, 2.05) is 36.1 Å². The maximum Gasteiger partial charge on any atom is 0.256 e. The van der Waals surface area contributed by atoms with Gasteiger partial charge >= 0.3 is 0 Å². The lowest BCUT2D eigenvalue weighted by atomic mass is 10.1. The van der Waals surface area contributed by atoms with Crippen molar-refractivity contribution >= 4 is 21.6 Å². The zero-order chi connectivity index (χ0) is 15.6. The van der Waals surface area contributed by atoms with Gasteiger partial charge in [0.25, 0.3) is 10.0 Å². The van der Waals surface area contributed by atoms with E-state index in [4.69, 9.17) is 4.74 Å². The molecule has 2 aliphatic rings. The molecule has 0 aliphatic carbocycles. The molecule has 0 N–H and O–H groups in total. The monoisotopic (exact) mass is 319 g/mol. The van der Waals surface area contributed by atoms with Crippen molar-refractivity contribution in [1.82, 2.24) is 4.90 Å². The maximum absolute atomic E-state index is 11.7. The van der Waals surface area contributed by atoms with Crippen LogP contribution in [0.4, 0.5) is 0 Å². The van der Waals surface area contributed by atoms with Gasteiger partial charge < -0.3 is 9.64 Å². The van der Waals surface area contributed by atoms with Gasteiger partial charge in [0, 0.05) is 24.5 Å². The third-order valence-corrected chi connectivity index (χ3v) is 4.50. The molecule has 2 aliphatic heterocycles. The SMILES string of the molecule is CCCOc1ccc(C2=NC=CN3CCS(=O)(=O)N=C23)cc1. The fraction of sp³-hybridized carbons (Fsp3) is 0.333. The molecule has 22 heavy (non-hydrogen) atoms. The van der Waals surface area contributed by atoms with Crippen molar-refractivity contribution in [3.63, 3.8) is 0 Å². The summed E-state index contributed by atoms with van der Waals surface area (Å²) in [5.41, 5.74) is 1.38. The van der Waals surface area contributed by atoms with E-state index in [0.717, 1.165) is 17.7 Å². The van der Waals surface area contributed by atoms with Crippen LogP contribution in [0.25, 0.3) is 0 Å². The summed E-state index contributed by atoms with van der Waals surface area (Å²) < 4.78 is 32.9. The van der Waals surface area contributed by atoms with Crippen LogP contribution < -0.4 is 4.74 Å². The Kier molecular flexibility index (Phi) is 3.98. The average Bonchev–Trinajstić information content (AvgIpc) is 2.52. The average molecular weight is 319 g/mol. The second-order valence-corrected chi connectivity index (χ2v) is 6.80. The highest BCUT2D eigenvalue weighted by Crippen LogP contribution is 2.19. The van der Waals surface area contributed by atoms with E-state index in [1.54, 1.807) is 12.4 Å². The number of sulfonamides is 1. The van der Waals surface area contributed by atoms with Gasteiger partial charge in [0.2, 0.25) is 0 Å². The highest BCUT2D eigenvalue weighted by Gasteiger charge is 2.28. The standard InChI is InChI=1S/C15H17N3O3S/c1-2-10-21-13-5-3-12(4-6-13)14-15-17-22(19,20)11-9-18(15)8-7-16-14/h3-8H,2,9-11H2,1H3. The molecule has 1 aromatic carbocycles. The highest BCUT2D eigenvalue weighted by molar-refractivity contribution is 7.90. The third-order valence-electron chi connectivity index (χ3n) is 3.35. The molecule has 0 radical (unpaired) electrons. The van der Waals surface area contributed by atoms with Gasteiger partial charge in [-0.1, -0.05) is 6.92 Å². The van der Waals surface area contributed by atoms with Crippen molar-refractivity contribution in [1.29, 1.82) is 0 Å². The predicted octanol–water partition coefficient (Wildman–Crippen LogP) is 1.79. The van der Waals surface area contributed by atoms with Crippen molar-refractivity contribution in [2.45, 2.75) is 13.3 Å². The summed E-state index contributed by atoms with van der Waals surface area (Å²) >= 11 is 0. The van der Waals surface area contributed by atoms with Crippen LogP contribution in [-0.2, 0) is 10.0 Å². The van der Waals surface area contributed by atoms with Gasteiger partial charge in [-0.3, -0.25) is 4.99 Å². The molecule has 0 atom stereocenters. The van der Waals surface area contributed by atoms with Crippen LogP contribution >= 0.6 is 0 Å². The Bertz CT molecular complexity index is 749. The first kappa shape index (κ1) is 14.8. The third kappa shape index (κ3) is 3.04. The lowest BCUT2D eigenvalue weighted by Gasteiger charge is -2.28. The predicted molar refractivity (Wildman–Crippen MR) is 85.8 cm³/mol. The van der Waals surface area contributed by atoms with Gasteiger partial charge in [-0.15, -0.1) is 4.40 Å². The summed E-state index contributed by atoms with van der Waals surface area (Å²) in [5.74, 6) is 1.20. The number of benzene rings is 1. The summed E-state index contributed by atoms with van der Waals surface area (Å²) in [5, 5.41) is 0. The maximum atomic E-state index is 11.7. The molecule has 0 bridgehead atoms. The quantitative estimate of drug-likeness (QED) is 0.848. The zero-order valence-electron chi connectivity index (χ0n) is 12.3. The van der Waals surface area contributed by atoms with Gasteiger partial charge in [-0.05, 0) is 30.7 Å². The fourth-order valence-corrected chi connectivity index (χ4v) is 3.23. The van der Waals surface area contributed by atoms with Crippen molar-refractivity contribution < 1.29 is 13.2 Å². The molecule has 0 aromatic heterocycles. The van der Waals surface area contributed by atoms with Crippen molar-refractivity contribution in [2.75, 3.05) is 18.9 Å². The summed E-state index contributed by atoms with van der Waals surface area (Å²) in [4.78, 5) is 6.11. The largest absolute Gasteiger partial charge is 0.494 e. The first-order chi connectivity index (χ1) is 10.6. The topological polar surface area (TPSA) is 71.3 Å². The Morgan fingerprint density at radius 3 is 2.77 bits per heavy atom. The number of aliphatic imine (C=N–C) groups is 1. The van der Waals surface area contributed by atoms with Crippen LogP contribution in [0.3, 0.4) is 0 Å². The smallest absolute Gasteiger partial charge is 0.256 e. The van der Waals surface area contributed by atoms with E-state index in [2.05, 4.69) is 9.39 Å². The van der Waals surface area contributed by atoms with E-state index in [1.165, 1.54) is 0 Å². The lowest BCUT2D eigenvalue weighted by Crippen LogP contribution is -2.42. The normalized spacial score (nSPS) is 19.2. The van der Waals surface area contributed by atoms with Crippen molar-refractivity contribution in [2.24, 2.45) is 9.39 Å². The number of nitrogens with zero attached hydrogens (tertiary/aromatic N) is 3. The molecular formula is C15H17N3O3S. The molecule has 0 amide bonds. The van der Waals surface area contributed by atoms with Crippen LogP contribution in [-0.4, -0.2) is 43.8 Å². The Morgan fingerprint density at radius 2 is 2.05 bits per heavy atom. The molecule has 6 nitrogen and oxygen atoms in total. The van der Waals surface area contributed by atoms with Gasteiger partial charge in [0.05, 0.1) is 12.4 Å². The molecule has 0 spiro atoms.